The molecule has 3 aromatic rings. The molecule has 3 N–H and O–H groups in total. The molecule has 0 unspecified atom stereocenters. The summed E-state index contributed by atoms with van der Waals surface area (Å²) in [6.07, 6.45) is 6.62. The third-order valence-corrected chi connectivity index (χ3v) is 5.30. The normalized spacial score (nSPS) is 15.9. The van der Waals surface area contributed by atoms with Crippen LogP contribution in [0.15, 0.2) is 48.8 Å². The minimum atomic E-state index is -1.06. The maximum Gasteiger partial charge on any atom is 0.405 e. The number of imidazole rings is 1. The van der Waals surface area contributed by atoms with Gasteiger partial charge >= 0.3 is 6.09 Å². The van der Waals surface area contributed by atoms with Gasteiger partial charge in [-0.1, -0.05) is 19.3 Å². The van der Waals surface area contributed by atoms with Gasteiger partial charge in [-0.15, -0.1) is 0 Å². The van der Waals surface area contributed by atoms with Gasteiger partial charge in [0.2, 0.25) is 0 Å². The summed E-state index contributed by atoms with van der Waals surface area (Å²) in [7, 11) is 0. The topological polar surface area (TPSA) is 90.9 Å². The zero-order valence-electron chi connectivity index (χ0n) is 15.3. The number of benzene rings is 1. The molecule has 0 aliphatic heterocycles. The van der Waals surface area contributed by atoms with Crippen molar-refractivity contribution in [3.63, 3.8) is 0 Å². The molecule has 0 atom stereocenters. The van der Waals surface area contributed by atoms with Gasteiger partial charge in [0.15, 0.2) is 0 Å². The fraction of sp³-hybridized carbons (Fsp3) is 0.286. The summed E-state index contributed by atoms with van der Waals surface area (Å²) in [4.78, 5) is 23.8. The number of rotatable bonds is 4. The number of nitrogens with zero attached hydrogens (tertiary/aromatic N) is 2. The number of pyridine rings is 1. The van der Waals surface area contributed by atoms with Crippen molar-refractivity contribution < 1.29 is 14.3 Å². The number of halogens is 1. The van der Waals surface area contributed by atoms with E-state index in [9.17, 15) is 14.3 Å². The molecule has 1 amide bonds. The summed E-state index contributed by atoms with van der Waals surface area (Å²) in [5.41, 5.74) is 2.33. The number of aromatic amines is 1. The van der Waals surface area contributed by atoms with Crippen LogP contribution in [0.3, 0.4) is 0 Å². The van der Waals surface area contributed by atoms with Crippen LogP contribution in [0, 0.1) is 5.82 Å². The third-order valence-electron chi connectivity index (χ3n) is 5.30. The Balaban J connectivity index is 1.87. The van der Waals surface area contributed by atoms with Crippen LogP contribution in [-0.2, 0) is 5.54 Å². The highest BCUT2D eigenvalue weighted by Gasteiger charge is 2.39. The highest BCUT2D eigenvalue weighted by atomic mass is 19.1. The lowest BCUT2D eigenvalue weighted by molar-refractivity contribution is 0.158. The van der Waals surface area contributed by atoms with E-state index in [0.29, 0.717) is 24.4 Å². The Morgan fingerprint density at radius 1 is 1.04 bits per heavy atom. The minimum absolute atomic E-state index is 0.318. The Morgan fingerprint density at radius 2 is 1.71 bits per heavy atom. The largest absolute Gasteiger partial charge is 0.465 e. The van der Waals surface area contributed by atoms with Crippen LogP contribution in [-0.4, -0.2) is 26.2 Å². The quantitative estimate of drug-likeness (QED) is 0.612. The number of hydrogen-bond acceptors (Lipinski definition) is 3. The van der Waals surface area contributed by atoms with E-state index in [1.54, 1.807) is 24.5 Å². The molecule has 144 valence electrons. The summed E-state index contributed by atoms with van der Waals surface area (Å²) in [5, 5.41) is 12.1. The highest BCUT2D eigenvalue weighted by molar-refractivity contribution is 5.78. The molecule has 1 aliphatic rings. The maximum absolute atomic E-state index is 13.4. The first-order chi connectivity index (χ1) is 13.6. The van der Waals surface area contributed by atoms with Gasteiger partial charge in [0, 0.05) is 23.5 Å². The molecule has 1 aromatic carbocycles. The number of carbonyl (C=O) groups is 1. The molecule has 28 heavy (non-hydrogen) atoms. The first-order valence-electron chi connectivity index (χ1n) is 9.35. The molecule has 4 rings (SSSR count). The van der Waals surface area contributed by atoms with Gasteiger partial charge in [0.1, 0.15) is 17.2 Å². The zero-order valence-corrected chi connectivity index (χ0v) is 15.3. The number of nitrogens with one attached hydrogen (secondary N) is 2. The van der Waals surface area contributed by atoms with E-state index in [0.717, 1.165) is 36.1 Å². The number of H-pyrrole nitrogens is 1. The average Bonchev–Trinajstić information content (AvgIpc) is 3.16. The molecular weight excluding hydrogens is 359 g/mol. The molecule has 0 saturated heterocycles. The average molecular weight is 380 g/mol. The molecule has 1 aliphatic carbocycles. The first-order valence-corrected chi connectivity index (χ1v) is 9.35. The van der Waals surface area contributed by atoms with Gasteiger partial charge < -0.3 is 15.4 Å². The van der Waals surface area contributed by atoms with E-state index in [4.69, 9.17) is 4.98 Å². The van der Waals surface area contributed by atoms with E-state index < -0.39 is 11.6 Å². The van der Waals surface area contributed by atoms with E-state index in [-0.39, 0.29) is 5.82 Å². The second kappa shape index (κ2) is 7.42. The molecule has 0 spiro atoms. The number of aromatic nitrogens is 3. The Bertz CT molecular complexity index is 964. The summed E-state index contributed by atoms with van der Waals surface area (Å²) >= 11 is 0. The standard InChI is InChI=1S/C21H21FN4O2/c22-16-6-4-14(5-7-16)17-18(15-8-12-23-13-9-15)25-19(24-17)21(26-20(27)28)10-2-1-3-11-21/h4-9,12-13,26H,1-3,10-11H2,(H,24,25)(H,27,28). The third kappa shape index (κ3) is 3.47. The Kier molecular flexibility index (Phi) is 4.81. The highest BCUT2D eigenvalue weighted by Crippen LogP contribution is 2.39. The SMILES string of the molecule is O=C(O)NC1(c2nc(-c3ccc(F)cc3)c(-c3ccncc3)[nH]2)CCCCC1. The van der Waals surface area contributed by atoms with Crippen molar-refractivity contribution in [2.45, 2.75) is 37.6 Å². The Labute approximate surface area is 161 Å². The maximum atomic E-state index is 13.4. The molecule has 0 radical (unpaired) electrons. The van der Waals surface area contributed by atoms with Crippen LogP contribution in [0.4, 0.5) is 9.18 Å². The summed E-state index contributed by atoms with van der Waals surface area (Å²) < 4.78 is 13.4. The van der Waals surface area contributed by atoms with Gasteiger partial charge in [-0.3, -0.25) is 4.98 Å². The van der Waals surface area contributed by atoms with Gasteiger partial charge in [0.05, 0.1) is 11.4 Å². The fourth-order valence-electron chi connectivity index (χ4n) is 3.93. The van der Waals surface area contributed by atoms with Crippen LogP contribution in [0.2, 0.25) is 0 Å². The molecule has 7 heteroatoms. The van der Waals surface area contributed by atoms with Crippen molar-refractivity contribution in [1.29, 1.82) is 0 Å². The molecule has 0 bridgehead atoms. The van der Waals surface area contributed by atoms with Crippen molar-refractivity contribution in [3.05, 3.63) is 60.4 Å². The summed E-state index contributed by atoms with van der Waals surface area (Å²) in [5.74, 6) is 0.280. The monoisotopic (exact) mass is 380 g/mol. The number of amides is 1. The van der Waals surface area contributed by atoms with Crippen LogP contribution < -0.4 is 5.32 Å². The molecule has 6 nitrogen and oxygen atoms in total. The first kappa shape index (κ1) is 18.2. The lowest BCUT2D eigenvalue weighted by atomic mass is 9.81. The van der Waals surface area contributed by atoms with Gasteiger partial charge in [-0.05, 0) is 49.2 Å². The van der Waals surface area contributed by atoms with Crippen LogP contribution in [0.1, 0.15) is 37.9 Å². The molecule has 1 saturated carbocycles. The smallest absolute Gasteiger partial charge is 0.405 e. The van der Waals surface area contributed by atoms with E-state index in [2.05, 4.69) is 15.3 Å². The summed E-state index contributed by atoms with van der Waals surface area (Å²) in [6, 6.07) is 9.87. The fourth-order valence-corrected chi connectivity index (χ4v) is 3.93. The minimum Gasteiger partial charge on any atom is -0.465 e. The Hall–Kier alpha value is -3.22. The lowest BCUT2D eigenvalue weighted by Crippen LogP contribution is -2.47. The molecule has 1 fully saturated rings. The van der Waals surface area contributed by atoms with Crippen molar-refractivity contribution in [3.8, 4) is 22.5 Å². The van der Waals surface area contributed by atoms with Gasteiger partial charge in [-0.2, -0.15) is 0 Å². The van der Waals surface area contributed by atoms with Crippen LogP contribution >= 0.6 is 0 Å². The second-order valence-corrected chi connectivity index (χ2v) is 7.12. The van der Waals surface area contributed by atoms with Crippen LogP contribution in [0.25, 0.3) is 22.5 Å². The second-order valence-electron chi connectivity index (χ2n) is 7.12. The van der Waals surface area contributed by atoms with Gasteiger partial charge in [-0.25, -0.2) is 14.2 Å². The predicted molar refractivity (Wildman–Crippen MR) is 103 cm³/mol. The van der Waals surface area contributed by atoms with Gasteiger partial charge in [0.25, 0.3) is 0 Å². The van der Waals surface area contributed by atoms with Crippen molar-refractivity contribution in [2.24, 2.45) is 0 Å². The Morgan fingerprint density at radius 3 is 2.36 bits per heavy atom. The molecule has 2 aromatic heterocycles. The van der Waals surface area contributed by atoms with Crippen LogP contribution in [0.5, 0.6) is 0 Å². The summed E-state index contributed by atoms with van der Waals surface area (Å²) in [6.45, 7) is 0. The van der Waals surface area contributed by atoms with E-state index in [1.165, 1.54) is 12.1 Å². The molecular formula is C21H21FN4O2. The van der Waals surface area contributed by atoms with Crippen molar-refractivity contribution in [2.75, 3.05) is 0 Å². The molecule has 2 heterocycles. The van der Waals surface area contributed by atoms with Crippen molar-refractivity contribution >= 4 is 6.09 Å². The lowest BCUT2D eigenvalue weighted by Gasteiger charge is -2.35. The predicted octanol–water partition coefficient (Wildman–Crippen LogP) is 4.70. The number of hydrogen-bond donors (Lipinski definition) is 3. The van der Waals surface area contributed by atoms with E-state index in [1.807, 2.05) is 12.1 Å². The van der Waals surface area contributed by atoms with E-state index >= 15 is 0 Å². The zero-order chi connectivity index (χ0) is 19.6. The number of carboxylic acid groups (broad SMARTS) is 1. The van der Waals surface area contributed by atoms with Crippen molar-refractivity contribution in [1.82, 2.24) is 20.3 Å².